The van der Waals surface area contributed by atoms with E-state index in [4.69, 9.17) is 0 Å². The van der Waals surface area contributed by atoms with Gasteiger partial charge in [-0.2, -0.15) is 5.26 Å². The predicted molar refractivity (Wildman–Crippen MR) is 72.9 cm³/mol. The number of rotatable bonds is 3. The van der Waals surface area contributed by atoms with Crippen LogP contribution in [0.4, 0.5) is 0 Å². The van der Waals surface area contributed by atoms with E-state index in [-0.39, 0.29) is 10.7 Å². The molecule has 0 saturated carbocycles. The van der Waals surface area contributed by atoms with Gasteiger partial charge in [0.15, 0.2) is 0 Å². The fourth-order valence-electron chi connectivity index (χ4n) is 1.80. The van der Waals surface area contributed by atoms with Crippen molar-refractivity contribution in [3.8, 4) is 6.07 Å². The molecule has 1 nitrogen and oxygen atoms in total. The van der Waals surface area contributed by atoms with E-state index in [1.807, 2.05) is 60.7 Å². The maximum atomic E-state index is 9.33. The zero-order valence-corrected chi connectivity index (χ0v) is 10.8. The van der Waals surface area contributed by atoms with Crippen LogP contribution in [0, 0.1) is 11.3 Å². The molecule has 2 aromatic carbocycles. The molecule has 17 heavy (non-hydrogen) atoms. The molecule has 2 heteroatoms. The number of nitriles is 1. The van der Waals surface area contributed by atoms with Crippen molar-refractivity contribution in [2.24, 2.45) is 0 Å². The number of benzene rings is 2. The first-order chi connectivity index (χ1) is 8.33. The lowest BCUT2D eigenvalue weighted by atomic mass is 9.93. The van der Waals surface area contributed by atoms with Crippen molar-refractivity contribution in [2.45, 2.75) is 10.7 Å². The minimum Gasteiger partial charge on any atom is -0.198 e. The third-order valence-electron chi connectivity index (χ3n) is 2.71. The first kappa shape index (κ1) is 11.9. The normalized spacial score (nSPS) is 13.6. The molecule has 84 valence electrons. The molecule has 0 amide bonds. The lowest BCUT2D eigenvalue weighted by molar-refractivity contribution is 0.840. The predicted octanol–water partition coefficient (Wildman–Crippen LogP) is 4.43. The largest absolute Gasteiger partial charge is 0.198 e. The average molecular weight is 286 g/mol. The number of nitrogens with zero attached hydrogens (tertiary/aromatic N) is 1. The summed E-state index contributed by atoms with van der Waals surface area (Å²) in [6, 6.07) is 22.3. The van der Waals surface area contributed by atoms with E-state index < -0.39 is 0 Å². The summed E-state index contributed by atoms with van der Waals surface area (Å²) in [5.41, 5.74) is 2.17. The molecule has 2 atom stereocenters. The monoisotopic (exact) mass is 285 g/mol. The van der Waals surface area contributed by atoms with Crippen molar-refractivity contribution in [1.29, 1.82) is 5.26 Å². The van der Waals surface area contributed by atoms with Crippen LogP contribution in [0.15, 0.2) is 60.7 Å². The topological polar surface area (TPSA) is 23.8 Å². The van der Waals surface area contributed by atoms with E-state index in [2.05, 4.69) is 22.0 Å². The molecule has 0 aromatic heterocycles. The molecule has 0 aliphatic rings. The van der Waals surface area contributed by atoms with Crippen LogP contribution in [0.3, 0.4) is 0 Å². The Labute approximate surface area is 110 Å². The first-order valence-corrected chi connectivity index (χ1v) is 6.38. The highest BCUT2D eigenvalue weighted by Gasteiger charge is 2.21. The van der Waals surface area contributed by atoms with Gasteiger partial charge in [-0.3, -0.25) is 0 Å². The second-order valence-electron chi connectivity index (χ2n) is 3.83. The van der Waals surface area contributed by atoms with Gasteiger partial charge in [0.1, 0.15) is 0 Å². The molecule has 0 heterocycles. The van der Waals surface area contributed by atoms with Crippen LogP contribution < -0.4 is 0 Å². The second-order valence-corrected chi connectivity index (χ2v) is 4.82. The van der Waals surface area contributed by atoms with E-state index in [0.717, 1.165) is 11.1 Å². The molecule has 0 bridgehead atoms. The van der Waals surface area contributed by atoms with Crippen molar-refractivity contribution in [3.05, 3.63) is 71.8 Å². The van der Waals surface area contributed by atoms with Gasteiger partial charge >= 0.3 is 0 Å². The molecule has 0 N–H and O–H groups in total. The van der Waals surface area contributed by atoms with E-state index in [9.17, 15) is 5.26 Å². The average Bonchev–Trinajstić information content (AvgIpc) is 2.42. The van der Waals surface area contributed by atoms with E-state index >= 15 is 0 Å². The van der Waals surface area contributed by atoms with Gasteiger partial charge in [0.2, 0.25) is 0 Å². The fraction of sp³-hybridized carbons (Fsp3) is 0.133. The van der Waals surface area contributed by atoms with E-state index in [1.54, 1.807) is 0 Å². The summed E-state index contributed by atoms with van der Waals surface area (Å²) in [7, 11) is 0. The lowest BCUT2D eigenvalue weighted by Crippen LogP contribution is -2.03. The summed E-state index contributed by atoms with van der Waals surface area (Å²) in [4.78, 5) is 0.0242. The molecule has 2 aromatic rings. The van der Waals surface area contributed by atoms with Crippen molar-refractivity contribution in [2.75, 3.05) is 0 Å². The Bertz CT molecular complexity index is 501. The van der Waals surface area contributed by atoms with Crippen molar-refractivity contribution >= 4 is 15.9 Å². The van der Waals surface area contributed by atoms with Crippen molar-refractivity contribution in [1.82, 2.24) is 0 Å². The summed E-state index contributed by atoms with van der Waals surface area (Å²) in [5, 5.41) is 9.33. The quantitative estimate of drug-likeness (QED) is 0.766. The zero-order valence-electron chi connectivity index (χ0n) is 9.25. The van der Waals surface area contributed by atoms with Crippen molar-refractivity contribution in [3.63, 3.8) is 0 Å². The summed E-state index contributed by atoms with van der Waals surface area (Å²) >= 11 is 3.63. The summed E-state index contributed by atoms with van der Waals surface area (Å²) in [6.07, 6.45) is 0. The standard InChI is InChI=1S/C15H12BrN/c16-15(13-9-5-2-6-10-13)14(11-17)12-7-3-1-4-8-12/h1-10,14-15H. The van der Waals surface area contributed by atoms with Crippen LogP contribution in [-0.4, -0.2) is 0 Å². The minimum atomic E-state index is -0.168. The molecule has 2 rings (SSSR count). The van der Waals surface area contributed by atoms with Crippen LogP contribution in [-0.2, 0) is 0 Å². The maximum absolute atomic E-state index is 9.33. The highest BCUT2D eigenvalue weighted by Crippen LogP contribution is 2.37. The van der Waals surface area contributed by atoms with Crippen LogP contribution in [0.2, 0.25) is 0 Å². The third kappa shape index (κ3) is 2.75. The van der Waals surface area contributed by atoms with Gasteiger partial charge in [0.25, 0.3) is 0 Å². The molecular formula is C15H12BrN. The van der Waals surface area contributed by atoms with Crippen LogP contribution in [0.1, 0.15) is 21.9 Å². The Hall–Kier alpha value is -1.59. The van der Waals surface area contributed by atoms with Gasteiger partial charge in [0, 0.05) is 0 Å². The summed E-state index contributed by atoms with van der Waals surface area (Å²) in [6.45, 7) is 0. The number of halogens is 1. The van der Waals surface area contributed by atoms with Gasteiger partial charge in [-0.25, -0.2) is 0 Å². The van der Waals surface area contributed by atoms with Gasteiger partial charge in [0.05, 0.1) is 16.8 Å². The minimum absolute atomic E-state index is 0.0242. The highest BCUT2D eigenvalue weighted by atomic mass is 79.9. The third-order valence-corrected chi connectivity index (χ3v) is 3.77. The van der Waals surface area contributed by atoms with Gasteiger partial charge in [-0.05, 0) is 11.1 Å². The molecule has 0 fully saturated rings. The number of hydrogen-bond acceptors (Lipinski definition) is 1. The Morgan fingerprint density at radius 1 is 0.824 bits per heavy atom. The number of alkyl halides is 1. The molecule has 0 aliphatic heterocycles. The van der Waals surface area contributed by atoms with E-state index in [0.29, 0.717) is 0 Å². The Kier molecular flexibility index (Phi) is 3.95. The molecule has 0 spiro atoms. The molecular weight excluding hydrogens is 274 g/mol. The Morgan fingerprint density at radius 2 is 1.29 bits per heavy atom. The maximum Gasteiger partial charge on any atom is 0.0878 e. The Morgan fingerprint density at radius 3 is 1.76 bits per heavy atom. The zero-order chi connectivity index (χ0) is 12.1. The van der Waals surface area contributed by atoms with E-state index in [1.165, 1.54) is 0 Å². The van der Waals surface area contributed by atoms with Gasteiger partial charge < -0.3 is 0 Å². The number of hydrogen-bond donors (Lipinski definition) is 0. The second kappa shape index (κ2) is 5.65. The fourth-order valence-corrected chi connectivity index (χ4v) is 2.53. The molecule has 0 aliphatic carbocycles. The summed E-state index contributed by atoms with van der Waals surface area (Å²) in [5.74, 6) is -0.168. The highest BCUT2D eigenvalue weighted by molar-refractivity contribution is 9.09. The molecule has 2 unspecified atom stereocenters. The molecule has 0 radical (unpaired) electrons. The van der Waals surface area contributed by atoms with Crippen LogP contribution in [0.25, 0.3) is 0 Å². The van der Waals surface area contributed by atoms with Crippen LogP contribution in [0.5, 0.6) is 0 Å². The van der Waals surface area contributed by atoms with Crippen LogP contribution >= 0.6 is 15.9 Å². The first-order valence-electron chi connectivity index (χ1n) is 5.46. The van der Waals surface area contributed by atoms with Gasteiger partial charge in [-0.15, -0.1) is 0 Å². The molecule has 0 saturated heterocycles. The Balaban J connectivity index is 2.30. The SMILES string of the molecule is N#CC(c1ccccc1)C(Br)c1ccccc1. The van der Waals surface area contributed by atoms with Gasteiger partial charge in [-0.1, -0.05) is 76.6 Å². The lowest BCUT2D eigenvalue weighted by Gasteiger charge is -2.16. The summed E-state index contributed by atoms with van der Waals surface area (Å²) < 4.78 is 0. The van der Waals surface area contributed by atoms with Crippen molar-refractivity contribution < 1.29 is 0 Å². The smallest absolute Gasteiger partial charge is 0.0878 e.